The minimum Gasteiger partial charge on any atom is -0.330 e. The monoisotopic (exact) mass is 282 g/mol. The molecule has 0 spiro atoms. The largest absolute Gasteiger partial charge is 0.330 e. The van der Waals surface area contributed by atoms with E-state index in [1.54, 1.807) is 11.8 Å². The zero-order chi connectivity index (χ0) is 12.8. The number of halogens is 1. The van der Waals surface area contributed by atoms with Gasteiger partial charge in [0.25, 0.3) is 0 Å². The second-order valence-electron chi connectivity index (χ2n) is 3.84. The van der Waals surface area contributed by atoms with Crippen molar-refractivity contribution >= 4 is 23.4 Å². The number of benzene rings is 1. The molecule has 0 atom stereocenters. The predicted molar refractivity (Wildman–Crippen MR) is 74.8 cm³/mol. The van der Waals surface area contributed by atoms with Crippen LogP contribution < -0.4 is 5.73 Å². The summed E-state index contributed by atoms with van der Waals surface area (Å²) in [5.41, 5.74) is 5.45. The van der Waals surface area contributed by atoms with Crippen LogP contribution in [0, 0.1) is 0 Å². The highest BCUT2D eigenvalue weighted by atomic mass is 35.5. The fourth-order valence-electron chi connectivity index (χ4n) is 1.48. The lowest BCUT2D eigenvalue weighted by atomic mass is 10.3. The van der Waals surface area contributed by atoms with E-state index < -0.39 is 0 Å². The highest BCUT2D eigenvalue weighted by Crippen LogP contribution is 2.23. The van der Waals surface area contributed by atoms with Crippen LogP contribution in [0.3, 0.4) is 0 Å². The predicted octanol–water partition coefficient (Wildman–Crippen LogP) is 2.64. The van der Waals surface area contributed by atoms with E-state index in [1.807, 2.05) is 24.3 Å². The normalized spacial score (nSPS) is 10.8. The molecule has 1 heterocycles. The number of thioether (sulfide) groups is 1. The molecule has 2 rings (SSSR count). The molecule has 0 saturated carbocycles. The number of H-pyrrole nitrogens is 1. The zero-order valence-electron chi connectivity index (χ0n) is 9.90. The standard InChI is InChI=1S/C12H15ClN4S/c13-9-3-1-4-10(7-9)18-8-12-15-11(16-17-12)5-2-6-14/h1,3-4,7H,2,5-6,8,14H2,(H,15,16,17). The molecule has 1 aromatic carbocycles. The van der Waals surface area contributed by atoms with Crippen LogP contribution in [-0.2, 0) is 12.2 Å². The number of hydrogen-bond donors (Lipinski definition) is 2. The van der Waals surface area contributed by atoms with Crippen molar-refractivity contribution in [1.29, 1.82) is 0 Å². The van der Waals surface area contributed by atoms with Crippen molar-refractivity contribution in [3.63, 3.8) is 0 Å². The van der Waals surface area contributed by atoms with Crippen molar-refractivity contribution in [2.24, 2.45) is 5.73 Å². The summed E-state index contributed by atoms with van der Waals surface area (Å²) in [4.78, 5) is 5.54. The van der Waals surface area contributed by atoms with Crippen LogP contribution in [0.4, 0.5) is 0 Å². The molecule has 0 amide bonds. The minimum absolute atomic E-state index is 0.668. The average Bonchev–Trinajstić information content (AvgIpc) is 2.82. The minimum atomic E-state index is 0.668. The lowest BCUT2D eigenvalue weighted by Gasteiger charge is -1.99. The lowest BCUT2D eigenvalue weighted by molar-refractivity contribution is 0.785. The number of aromatic amines is 1. The van der Waals surface area contributed by atoms with E-state index >= 15 is 0 Å². The van der Waals surface area contributed by atoms with Gasteiger partial charge in [-0.2, -0.15) is 5.10 Å². The van der Waals surface area contributed by atoms with Gasteiger partial charge in [0, 0.05) is 16.3 Å². The summed E-state index contributed by atoms with van der Waals surface area (Å²) in [7, 11) is 0. The van der Waals surface area contributed by atoms with E-state index in [4.69, 9.17) is 17.3 Å². The van der Waals surface area contributed by atoms with Crippen molar-refractivity contribution in [2.75, 3.05) is 6.54 Å². The number of rotatable bonds is 6. The Hall–Kier alpha value is -1.04. The van der Waals surface area contributed by atoms with Crippen molar-refractivity contribution in [3.05, 3.63) is 40.9 Å². The topological polar surface area (TPSA) is 67.6 Å². The van der Waals surface area contributed by atoms with E-state index in [2.05, 4.69) is 15.2 Å². The lowest BCUT2D eigenvalue weighted by Crippen LogP contribution is -2.01. The maximum Gasteiger partial charge on any atom is 0.150 e. The third kappa shape index (κ3) is 4.01. The number of hydrogen-bond acceptors (Lipinski definition) is 4. The molecule has 0 aliphatic heterocycles. The van der Waals surface area contributed by atoms with Gasteiger partial charge in [0.1, 0.15) is 5.82 Å². The molecular weight excluding hydrogens is 268 g/mol. The quantitative estimate of drug-likeness (QED) is 0.799. The van der Waals surface area contributed by atoms with Crippen LogP contribution in [0.2, 0.25) is 5.02 Å². The Morgan fingerprint density at radius 1 is 1.39 bits per heavy atom. The summed E-state index contributed by atoms with van der Waals surface area (Å²) in [5, 5.41) is 7.85. The first kappa shape index (κ1) is 13.4. The molecule has 6 heteroatoms. The second kappa shape index (κ2) is 6.78. The van der Waals surface area contributed by atoms with Gasteiger partial charge < -0.3 is 5.73 Å². The van der Waals surface area contributed by atoms with E-state index in [1.165, 1.54) is 0 Å². The number of aryl methyl sites for hydroxylation is 1. The third-order valence-electron chi connectivity index (χ3n) is 2.35. The first-order chi connectivity index (χ1) is 8.78. The molecule has 0 aliphatic rings. The van der Waals surface area contributed by atoms with Crippen LogP contribution in [-0.4, -0.2) is 21.7 Å². The van der Waals surface area contributed by atoms with E-state index in [0.717, 1.165) is 40.2 Å². The summed E-state index contributed by atoms with van der Waals surface area (Å²) in [6, 6.07) is 7.78. The van der Waals surface area contributed by atoms with Gasteiger partial charge in [0.2, 0.25) is 0 Å². The average molecular weight is 283 g/mol. The molecule has 0 aliphatic carbocycles. The van der Waals surface area contributed by atoms with Crippen molar-refractivity contribution < 1.29 is 0 Å². The maximum atomic E-state index is 5.93. The van der Waals surface area contributed by atoms with Gasteiger partial charge >= 0.3 is 0 Å². The van der Waals surface area contributed by atoms with Crippen LogP contribution >= 0.6 is 23.4 Å². The smallest absolute Gasteiger partial charge is 0.150 e. The molecule has 3 N–H and O–H groups in total. The van der Waals surface area contributed by atoms with E-state index in [0.29, 0.717) is 6.54 Å². The van der Waals surface area contributed by atoms with Gasteiger partial charge in [-0.25, -0.2) is 4.98 Å². The molecule has 1 aromatic heterocycles. The summed E-state index contributed by atoms with van der Waals surface area (Å²) in [6.45, 7) is 0.668. The summed E-state index contributed by atoms with van der Waals surface area (Å²) >= 11 is 7.61. The molecule has 4 nitrogen and oxygen atoms in total. The van der Waals surface area contributed by atoms with Gasteiger partial charge in [-0.1, -0.05) is 17.7 Å². The Labute approximate surface area is 115 Å². The van der Waals surface area contributed by atoms with Crippen LogP contribution in [0.1, 0.15) is 18.1 Å². The van der Waals surface area contributed by atoms with Crippen LogP contribution in [0.15, 0.2) is 29.2 Å². The fraction of sp³-hybridized carbons (Fsp3) is 0.333. The highest BCUT2D eigenvalue weighted by molar-refractivity contribution is 7.98. The Morgan fingerprint density at radius 3 is 3.06 bits per heavy atom. The first-order valence-electron chi connectivity index (χ1n) is 5.76. The van der Waals surface area contributed by atoms with Gasteiger partial charge in [-0.3, -0.25) is 5.10 Å². The molecule has 0 fully saturated rings. The van der Waals surface area contributed by atoms with Gasteiger partial charge in [-0.05, 0) is 31.2 Å². The SMILES string of the molecule is NCCCc1n[nH]c(CSc2cccc(Cl)c2)n1. The van der Waals surface area contributed by atoms with E-state index in [-0.39, 0.29) is 0 Å². The molecule has 96 valence electrons. The summed E-state index contributed by atoms with van der Waals surface area (Å²) < 4.78 is 0. The fourth-order valence-corrected chi connectivity index (χ4v) is 2.55. The molecular formula is C12H15ClN4S. The van der Waals surface area contributed by atoms with Gasteiger partial charge in [0.15, 0.2) is 5.82 Å². The number of nitrogens with one attached hydrogen (secondary N) is 1. The van der Waals surface area contributed by atoms with Crippen LogP contribution in [0.25, 0.3) is 0 Å². The van der Waals surface area contributed by atoms with Gasteiger partial charge in [0.05, 0.1) is 5.75 Å². The Bertz CT molecular complexity index is 500. The number of aromatic nitrogens is 3. The molecule has 0 radical (unpaired) electrons. The number of nitrogens with two attached hydrogens (primary N) is 1. The molecule has 18 heavy (non-hydrogen) atoms. The zero-order valence-corrected chi connectivity index (χ0v) is 11.5. The Morgan fingerprint density at radius 2 is 2.28 bits per heavy atom. The third-order valence-corrected chi connectivity index (χ3v) is 3.59. The Kier molecular flexibility index (Phi) is 5.04. The van der Waals surface area contributed by atoms with Crippen molar-refractivity contribution in [2.45, 2.75) is 23.5 Å². The summed E-state index contributed by atoms with van der Waals surface area (Å²) in [6.07, 6.45) is 1.74. The second-order valence-corrected chi connectivity index (χ2v) is 5.32. The van der Waals surface area contributed by atoms with Crippen LogP contribution in [0.5, 0.6) is 0 Å². The maximum absolute atomic E-state index is 5.93. The van der Waals surface area contributed by atoms with Gasteiger partial charge in [-0.15, -0.1) is 11.8 Å². The summed E-state index contributed by atoms with van der Waals surface area (Å²) in [5.74, 6) is 2.48. The number of nitrogens with zero attached hydrogens (tertiary/aromatic N) is 2. The van der Waals surface area contributed by atoms with Crippen molar-refractivity contribution in [1.82, 2.24) is 15.2 Å². The van der Waals surface area contributed by atoms with E-state index in [9.17, 15) is 0 Å². The van der Waals surface area contributed by atoms with Crippen molar-refractivity contribution in [3.8, 4) is 0 Å². The Balaban J connectivity index is 1.88. The molecule has 0 saturated heterocycles. The highest BCUT2D eigenvalue weighted by Gasteiger charge is 2.03. The molecule has 2 aromatic rings. The molecule has 0 unspecified atom stereocenters. The first-order valence-corrected chi connectivity index (χ1v) is 7.13. The molecule has 0 bridgehead atoms.